The summed E-state index contributed by atoms with van der Waals surface area (Å²) in [4.78, 5) is 25.6. The number of carbonyl (C=O) groups is 2. The van der Waals surface area contributed by atoms with E-state index in [1.165, 1.54) is 6.42 Å². The zero-order valence-corrected chi connectivity index (χ0v) is 22.7. The van der Waals surface area contributed by atoms with Crippen LogP contribution in [0.2, 0.25) is 0 Å². The Morgan fingerprint density at radius 3 is 1.97 bits per heavy atom. The zero-order valence-electron chi connectivity index (χ0n) is 21.9. The van der Waals surface area contributed by atoms with Crippen LogP contribution in [0, 0.1) is 23.7 Å². The number of rotatable bonds is 10. The van der Waals surface area contributed by atoms with Crippen LogP contribution in [0.3, 0.4) is 0 Å². The summed E-state index contributed by atoms with van der Waals surface area (Å²) in [5, 5.41) is 29.6. The summed E-state index contributed by atoms with van der Waals surface area (Å²) < 4.78 is 49.7. The van der Waals surface area contributed by atoms with Crippen LogP contribution in [-0.2, 0) is 33.2 Å². The minimum Gasteiger partial charge on any atom is -0.457 e. The highest BCUT2D eigenvalue weighted by atomic mass is 32.2. The molecule has 0 heterocycles. The number of halogens is 2. The molecule has 0 aliphatic heterocycles. The van der Waals surface area contributed by atoms with Crippen molar-refractivity contribution in [2.45, 2.75) is 117 Å². The van der Waals surface area contributed by atoms with Crippen molar-refractivity contribution < 1.29 is 57.4 Å². The Bertz CT molecular complexity index is 977. The predicted molar refractivity (Wildman–Crippen MR) is 129 cm³/mol. The minimum absolute atomic E-state index is 0.0217. The summed E-state index contributed by atoms with van der Waals surface area (Å²) in [6, 6.07) is 0. The first kappa shape index (κ1) is 28.0. The van der Waals surface area contributed by atoms with E-state index in [2.05, 4.69) is 16.3 Å². The number of ether oxygens (including phenoxy) is 3. The van der Waals surface area contributed by atoms with Gasteiger partial charge in [-0.3, -0.25) is 0 Å². The molecule has 8 fully saturated rings. The fourth-order valence-corrected chi connectivity index (χ4v) is 10.4. The highest BCUT2D eigenvalue weighted by molar-refractivity contribution is 7.96. The SMILES string of the molecule is CCC1(OC(=O)COC23CC4(O)CC(O)(C2)CC(OC(=O)C(F)(F)SOOO)(C4)C3)C2CC3CC(C2)CC1C3. The van der Waals surface area contributed by atoms with Gasteiger partial charge in [0.25, 0.3) is 0 Å². The summed E-state index contributed by atoms with van der Waals surface area (Å²) in [7, 11) is 0. The fraction of sp³-hybridized carbons (Fsp3) is 0.923. The van der Waals surface area contributed by atoms with Gasteiger partial charge in [-0.2, -0.15) is 8.78 Å². The molecule has 220 valence electrons. The van der Waals surface area contributed by atoms with E-state index < -0.39 is 63.8 Å². The Morgan fingerprint density at radius 2 is 1.44 bits per heavy atom. The molecule has 0 aromatic rings. The summed E-state index contributed by atoms with van der Waals surface area (Å²) in [5.74, 6) is -0.391. The molecule has 0 radical (unpaired) electrons. The lowest BCUT2D eigenvalue weighted by molar-refractivity contribution is -0.433. The van der Waals surface area contributed by atoms with Gasteiger partial charge in [-0.15, -0.1) is 4.33 Å². The normalized spacial score (nSPS) is 47.4. The van der Waals surface area contributed by atoms with Gasteiger partial charge in [0, 0.05) is 38.5 Å². The Kier molecular flexibility index (Phi) is 6.62. The van der Waals surface area contributed by atoms with Crippen LogP contribution < -0.4 is 0 Å². The molecular formula is C26H36F2O10S. The first-order chi connectivity index (χ1) is 18.3. The smallest absolute Gasteiger partial charge is 0.415 e. The van der Waals surface area contributed by atoms with Gasteiger partial charge in [-0.1, -0.05) is 12.0 Å². The van der Waals surface area contributed by atoms with Crippen LogP contribution in [0.5, 0.6) is 0 Å². The first-order valence-electron chi connectivity index (χ1n) is 13.8. The highest BCUT2D eigenvalue weighted by Gasteiger charge is 2.71. The highest BCUT2D eigenvalue weighted by Crippen LogP contribution is 2.64. The van der Waals surface area contributed by atoms with Crippen LogP contribution in [0.25, 0.3) is 0 Å². The summed E-state index contributed by atoms with van der Waals surface area (Å²) in [6.45, 7) is 1.64. The molecule has 13 heteroatoms. The van der Waals surface area contributed by atoms with Gasteiger partial charge < -0.3 is 24.4 Å². The molecule has 8 bridgehead atoms. The third-order valence-electron chi connectivity index (χ3n) is 10.5. The van der Waals surface area contributed by atoms with Crippen molar-refractivity contribution in [3.8, 4) is 0 Å². The van der Waals surface area contributed by atoms with E-state index >= 15 is 0 Å². The van der Waals surface area contributed by atoms with Gasteiger partial charge in [0.2, 0.25) is 0 Å². The van der Waals surface area contributed by atoms with Gasteiger partial charge in [0.1, 0.15) is 29.9 Å². The van der Waals surface area contributed by atoms with Gasteiger partial charge >= 0.3 is 17.2 Å². The molecule has 0 spiro atoms. The van der Waals surface area contributed by atoms with Gasteiger partial charge in [0.05, 0.1) is 16.8 Å². The summed E-state index contributed by atoms with van der Waals surface area (Å²) >= 11 is -0.743. The molecule has 0 aromatic heterocycles. The standard InChI is InChI=1S/C26H36F2O10S/c1-2-25(17-4-15-3-16(6-17)7-18(25)5-15)35-19(29)8-34-23-10-21(31)9-22(32,11-23)13-24(12-21,14-23)36-20(30)26(27,28)39-38-37-33/h15-18,31-33H,2-14H2,1H3. The maximum absolute atomic E-state index is 14.2. The number of esters is 2. The van der Waals surface area contributed by atoms with Crippen LogP contribution in [0.1, 0.15) is 84.0 Å². The largest absolute Gasteiger partial charge is 0.457 e. The lowest BCUT2D eigenvalue weighted by atomic mass is 9.48. The minimum atomic E-state index is -4.23. The second-order valence-corrected chi connectivity index (χ2v) is 14.2. The fourth-order valence-electron chi connectivity index (χ4n) is 10.2. The summed E-state index contributed by atoms with van der Waals surface area (Å²) in [5.41, 5.74) is -6.49. The zero-order chi connectivity index (χ0) is 27.9. The quantitative estimate of drug-likeness (QED) is 0.151. The molecule has 8 saturated carbocycles. The lowest BCUT2D eigenvalue weighted by Crippen LogP contribution is -2.73. The monoisotopic (exact) mass is 578 g/mol. The van der Waals surface area contributed by atoms with E-state index in [0.29, 0.717) is 23.7 Å². The average Bonchev–Trinajstić information content (AvgIpc) is 2.81. The number of carbonyl (C=O) groups excluding carboxylic acids is 2. The van der Waals surface area contributed by atoms with Gasteiger partial charge in [-0.25, -0.2) is 14.8 Å². The molecule has 0 amide bonds. The molecule has 8 aliphatic carbocycles. The molecule has 10 nitrogen and oxygen atoms in total. The second-order valence-electron chi connectivity index (χ2n) is 13.4. The molecule has 0 aromatic carbocycles. The molecule has 8 rings (SSSR count). The first-order valence-corrected chi connectivity index (χ1v) is 14.6. The second kappa shape index (κ2) is 9.20. The van der Waals surface area contributed by atoms with Crippen molar-refractivity contribution in [1.29, 1.82) is 0 Å². The number of aliphatic hydroxyl groups is 2. The van der Waals surface area contributed by atoms with Crippen molar-refractivity contribution in [3.05, 3.63) is 0 Å². The van der Waals surface area contributed by atoms with Gasteiger partial charge in [0.15, 0.2) is 0 Å². The van der Waals surface area contributed by atoms with E-state index in [4.69, 9.17) is 19.5 Å². The number of hydrogen-bond donors (Lipinski definition) is 3. The van der Waals surface area contributed by atoms with Crippen molar-refractivity contribution in [3.63, 3.8) is 0 Å². The van der Waals surface area contributed by atoms with Crippen LogP contribution in [-0.4, -0.2) is 67.3 Å². The molecular weight excluding hydrogens is 542 g/mol. The molecule has 2 atom stereocenters. The molecule has 39 heavy (non-hydrogen) atoms. The maximum Gasteiger partial charge on any atom is 0.415 e. The van der Waals surface area contributed by atoms with Crippen LogP contribution in [0.15, 0.2) is 0 Å². The van der Waals surface area contributed by atoms with Crippen molar-refractivity contribution in [2.75, 3.05) is 6.61 Å². The van der Waals surface area contributed by atoms with Crippen LogP contribution >= 0.6 is 12.0 Å². The Balaban J connectivity index is 1.16. The van der Waals surface area contributed by atoms with Gasteiger partial charge in [-0.05, 0) is 62.2 Å². The van der Waals surface area contributed by atoms with E-state index in [9.17, 15) is 28.6 Å². The molecule has 3 N–H and O–H groups in total. The topological polar surface area (TPSA) is 141 Å². The third kappa shape index (κ3) is 4.79. The van der Waals surface area contributed by atoms with E-state index in [0.717, 1.165) is 32.1 Å². The number of alkyl halides is 2. The van der Waals surface area contributed by atoms with Crippen molar-refractivity contribution in [1.82, 2.24) is 0 Å². The average molecular weight is 579 g/mol. The molecule has 2 unspecified atom stereocenters. The van der Waals surface area contributed by atoms with Crippen LogP contribution in [0.4, 0.5) is 8.78 Å². The Labute approximate surface area is 229 Å². The van der Waals surface area contributed by atoms with Crippen molar-refractivity contribution in [2.24, 2.45) is 23.7 Å². The number of hydrogen-bond acceptors (Lipinski definition) is 11. The Hall–Kier alpha value is -1.09. The predicted octanol–water partition coefficient (Wildman–Crippen LogP) is 3.68. The Morgan fingerprint density at radius 1 is 0.872 bits per heavy atom. The van der Waals surface area contributed by atoms with E-state index in [1.54, 1.807) is 0 Å². The lowest BCUT2D eigenvalue weighted by Gasteiger charge is -2.66. The molecule has 8 aliphatic rings. The summed E-state index contributed by atoms with van der Waals surface area (Å²) in [6.07, 6.45) is 6.02. The van der Waals surface area contributed by atoms with Crippen molar-refractivity contribution >= 4 is 24.0 Å². The maximum atomic E-state index is 14.2. The third-order valence-corrected chi connectivity index (χ3v) is 11.0. The van der Waals surface area contributed by atoms with E-state index in [-0.39, 0.29) is 38.5 Å². The van der Waals surface area contributed by atoms with E-state index in [1.807, 2.05) is 0 Å². The molecule has 0 saturated heterocycles.